The van der Waals surface area contributed by atoms with Crippen molar-refractivity contribution >= 4 is 34.8 Å². The summed E-state index contributed by atoms with van der Waals surface area (Å²) in [5, 5.41) is 4.71. The molecule has 0 saturated carbocycles. The van der Waals surface area contributed by atoms with Gasteiger partial charge in [0.1, 0.15) is 5.75 Å². The minimum Gasteiger partial charge on any atom is -0.482 e. The van der Waals surface area contributed by atoms with Crippen LogP contribution in [0, 0.1) is 0 Å². The van der Waals surface area contributed by atoms with Crippen molar-refractivity contribution in [2.45, 2.75) is 19.4 Å². The molecule has 1 aromatic carbocycles. The Balaban J connectivity index is 1.45. The van der Waals surface area contributed by atoms with Gasteiger partial charge < -0.3 is 19.7 Å². The number of nitrogens with one attached hydrogen (secondary N) is 1. The molecule has 142 valence electrons. The summed E-state index contributed by atoms with van der Waals surface area (Å²) in [5.41, 5.74) is 0.629. The second kappa shape index (κ2) is 8.68. The van der Waals surface area contributed by atoms with Crippen molar-refractivity contribution in [3.63, 3.8) is 0 Å². The molecule has 0 fully saturated rings. The Labute approximate surface area is 160 Å². The molecule has 1 aliphatic heterocycles. The van der Waals surface area contributed by atoms with Crippen LogP contribution >= 0.6 is 11.3 Å². The average Bonchev–Trinajstić information content (AvgIpc) is 3.20. The quantitative estimate of drug-likeness (QED) is 0.736. The van der Waals surface area contributed by atoms with E-state index < -0.39 is 5.97 Å². The predicted molar refractivity (Wildman–Crippen MR) is 101 cm³/mol. The second-order valence-electron chi connectivity index (χ2n) is 6.02. The fraction of sp³-hybridized carbons (Fsp3) is 0.316. The largest absolute Gasteiger partial charge is 0.482 e. The van der Waals surface area contributed by atoms with Crippen molar-refractivity contribution in [3.8, 4) is 5.75 Å². The van der Waals surface area contributed by atoms with Crippen LogP contribution in [-0.2, 0) is 19.1 Å². The normalized spacial score (nSPS) is 14.1. The van der Waals surface area contributed by atoms with Crippen LogP contribution in [0.1, 0.15) is 24.3 Å². The number of hydrogen-bond acceptors (Lipinski definition) is 6. The number of ether oxygens (including phenoxy) is 2. The van der Waals surface area contributed by atoms with Gasteiger partial charge in [-0.15, -0.1) is 11.3 Å². The van der Waals surface area contributed by atoms with Crippen LogP contribution in [0.5, 0.6) is 5.75 Å². The first-order chi connectivity index (χ1) is 13.0. The minimum atomic E-state index is -0.536. The van der Waals surface area contributed by atoms with Gasteiger partial charge in [-0.3, -0.25) is 14.4 Å². The fourth-order valence-corrected chi connectivity index (χ4v) is 3.45. The lowest BCUT2D eigenvalue weighted by atomic mass is 10.2. The monoisotopic (exact) mass is 388 g/mol. The molecule has 2 aromatic rings. The molecule has 8 heteroatoms. The van der Waals surface area contributed by atoms with Gasteiger partial charge in [-0.25, -0.2) is 0 Å². The first-order valence-corrected chi connectivity index (χ1v) is 9.43. The zero-order chi connectivity index (χ0) is 19.2. The number of esters is 1. The van der Waals surface area contributed by atoms with Crippen LogP contribution in [-0.4, -0.2) is 37.5 Å². The molecule has 1 aromatic heterocycles. The zero-order valence-corrected chi connectivity index (χ0v) is 15.7. The van der Waals surface area contributed by atoms with Crippen LogP contribution in [0.3, 0.4) is 0 Å². The summed E-state index contributed by atoms with van der Waals surface area (Å²) in [5.74, 6) is -0.515. The summed E-state index contributed by atoms with van der Waals surface area (Å²) in [7, 11) is 0. The van der Waals surface area contributed by atoms with Crippen LogP contribution in [0.4, 0.5) is 5.69 Å². The highest BCUT2D eigenvalue weighted by Crippen LogP contribution is 2.31. The van der Waals surface area contributed by atoms with E-state index in [4.69, 9.17) is 9.47 Å². The van der Waals surface area contributed by atoms with E-state index in [0.29, 0.717) is 11.4 Å². The summed E-state index contributed by atoms with van der Waals surface area (Å²) < 4.78 is 10.4. The standard InChI is InChI=1S/C19H20N2O5S/c1-13(16-7-4-10-27-16)20-17(22)11-26-19(24)8-9-21-14-5-2-3-6-15(14)25-12-18(21)23/h2-7,10,13H,8-9,11-12H2,1H3,(H,20,22)/t13-/m1/s1. The van der Waals surface area contributed by atoms with Crippen molar-refractivity contribution in [2.24, 2.45) is 0 Å². The molecular weight excluding hydrogens is 368 g/mol. The third kappa shape index (κ3) is 4.85. The van der Waals surface area contributed by atoms with Gasteiger partial charge >= 0.3 is 5.97 Å². The molecule has 2 heterocycles. The van der Waals surface area contributed by atoms with E-state index in [0.717, 1.165) is 4.88 Å². The Morgan fingerprint density at radius 1 is 1.30 bits per heavy atom. The second-order valence-corrected chi connectivity index (χ2v) is 7.00. The van der Waals surface area contributed by atoms with Gasteiger partial charge in [0.25, 0.3) is 11.8 Å². The Morgan fingerprint density at radius 3 is 2.89 bits per heavy atom. The van der Waals surface area contributed by atoms with Crippen molar-refractivity contribution in [3.05, 3.63) is 46.7 Å². The fourth-order valence-electron chi connectivity index (χ4n) is 2.71. The van der Waals surface area contributed by atoms with E-state index in [1.807, 2.05) is 30.5 Å². The molecule has 27 heavy (non-hydrogen) atoms. The number of carbonyl (C=O) groups excluding carboxylic acids is 3. The highest BCUT2D eigenvalue weighted by Gasteiger charge is 2.25. The molecule has 0 spiro atoms. The number of benzene rings is 1. The first-order valence-electron chi connectivity index (χ1n) is 8.55. The number of para-hydroxylation sites is 2. The van der Waals surface area contributed by atoms with Crippen molar-refractivity contribution in [2.75, 3.05) is 24.7 Å². The van der Waals surface area contributed by atoms with Gasteiger partial charge in [-0.05, 0) is 30.5 Å². The summed E-state index contributed by atoms with van der Waals surface area (Å²) in [6, 6.07) is 10.8. The SMILES string of the molecule is C[C@@H](NC(=O)COC(=O)CCN1C(=O)COc2ccccc21)c1cccs1. The third-order valence-electron chi connectivity index (χ3n) is 4.06. The van der Waals surface area contributed by atoms with Crippen LogP contribution in [0.25, 0.3) is 0 Å². The lowest BCUT2D eigenvalue weighted by molar-refractivity contribution is -0.148. The number of thiophene rings is 1. The maximum atomic E-state index is 12.1. The molecule has 3 rings (SSSR count). The summed E-state index contributed by atoms with van der Waals surface area (Å²) in [6.07, 6.45) is -0.00612. The van der Waals surface area contributed by atoms with E-state index >= 15 is 0 Å². The van der Waals surface area contributed by atoms with Crippen molar-refractivity contribution in [1.82, 2.24) is 5.32 Å². The minimum absolute atomic E-state index is 0.00612. The van der Waals surface area contributed by atoms with Crippen molar-refractivity contribution < 1.29 is 23.9 Å². The Bertz CT molecular complexity index is 821. The van der Waals surface area contributed by atoms with E-state index in [2.05, 4.69) is 5.32 Å². The maximum Gasteiger partial charge on any atom is 0.308 e. The topological polar surface area (TPSA) is 84.9 Å². The summed E-state index contributed by atoms with van der Waals surface area (Å²) in [6.45, 7) is 1.63. The molecular formula is C19H20N2O5S. The van der Waals surface area contributed by atoms with Crippen molar-refractivity contribution in [1.29, 1.82) is 0 Å². The number of rotatable bonds is 7. The lowest BCUT2D eigenvalue weighted by Gasteiger charge is -2.28. The number of anilines is 1. The molecule has 0 saturated heterocycles. The van der Waals surface area contributed by atoms with E-state index in [1.165, 1.54) is 4.90 Å². The van der Waals surface area contributed by atoms with Crippen LogP contribution in [0.2, 0.25) is 0 Å². The summed E-state index contributed by atoms with van der Waals surface area (Å²) in [4.78, 5) is 38.4. The Kier molecular flexibility index (Phi) is 6.08. The molecule has 1 aliphatic rings. The molecule has 7 nitrogen and oxygen atoms in total. The highest BCUT2D eigenvalue weighted by molar-refractivity contribution is 7.10. The van der Waals surface area contributed by atoms with Gasteiger partial charge in [-0.2, -0.15) is 0 Å². The van der Waals surface area contributed by atoms with Gasteiger partial charge in [0.15, 0.2) is 13.2 Å². The van der Waals surface area contributed by atoms with Gasteiger partial charge in [0.05, 0.1) is 18.2 Å². The van der Waals surface area contributed by atoms with Crippen LogP contribution < -0.4 is 15.0 Å². The third-order valence-corrected chi connectivity index (χ3v) is 5.11. The van der Waals surface area contributed by atoms with Gasteiger partial charge in [0, 0.05) is 11.4 Å². The molecule has 0 bridgehead atoms. The molecule has 1 N–H and O–H groups in total. The summed E-state index contributed by atoms with van der Waals surface area (Å²) >= 11 is 1.55. The predicted octanol–water partition coefficient (Wildman–Crippen LogP) is 2.28. The number of carbonyl (C=O) groups is 3. The number of fused-ring (bicyclic) bond motifs is 1. The molecule has 2 amide bonds. The molecule has 0 unspecified atom stereocenters. The van der Waals surface area contributed by atoms with E-state index in [-0.39, 0.29) is 44.0 Å². The maximum absolute atomic E-state index is 12.1. The molecule has 0 radical (unpaired) electrons. The first kappa shape index (κ1) is 18.9. The van der Waals surface area contributed by atoms with Gasteiger partial charge in [0.2, 0.25) is 0 Å². The smallest absolute Gasteiger partial charge is 0.308 e. The van der Waals surface area contributed by atoms with Gasteiger partial charge in [-0.1, -0.05) is 18.2 Å². The number of nitrogens with zero attached hydrogens (tertiary/aromatic N) is 1. The molecule has 1 atom stereocenters. The lowest BCUT2D eigenvalue weighted by Crippen LogP contribution is -2.40. The van der Waals surface area contributed by atoms with E-state index in [1.54, 1.807) is 29.5 Å². The number of hydrogen-bond donors (Lipinski definition) is 1. The average molecular weight is 388 g/mol. The Hall–Kier alpha value is -2.87. The van der Waals surface area contributed by atoms with Crippen LogP contribution in [0.15, 0.2) is 41.8 Å². The zero-order valence-electron chi connectivity index (χ0n) is 14.8. The number of amides is 2. The molecule has 0 aliphatic carbocycles. The Morgan fingerprint density at radius 2 is 2.11 bits per heavy atom. The van der Waals surface area contributed by atoms with E-state index in [9.17, 15) is 14.4 Å². The highest BCUT2D eigenvalue weighted by atomic mass is 32.1.